The summed E-state index contributed by atoms with van der Waals surface area (Å²) >= 11 is 0. The SMILES string of the molecule is Cc1cc(C(=O)NS(=O)(=O)C2CCC(C(F)(F)F)CC2)c[nH]c1=O. The van der Waals surface area contributed by atoms with Crippen molar-refractivity contribution in [1.29, 1.82) is 0 Å². The molecule has 0 aromatic carbocycles. The third kappa shape index (κ3) is 4.16. The molecule has 1 heterocycles. The van der Waals surface area contributed by atoms with E-state index in [1.165, 1.54) is 13.0 Å². The van der Waals surface area contributed by atoms with E-state index in [9.17, 15) is 31.2 Å². The number of hydrogen-bond donors (Lipinski definition) is 2. The Balaban J connectivity index is 2.05. The minimum absolute atomic E-state index is 0.0420. The molecule has 0 bridgehead atoms. The summed E-state index contributed by atoms with van der Waals surface area (Å²) in [5.41, 5.74) is -0.203. The van der Waals surface area contributed by atoms with Crippen LogP contribution in [0.1, 0.15) is 41.6 Å². The van der Waals surface area contributed by atoms with Gasteiger partial charge in [-0.2, -0.15) is 13.2 Å². The summed E-state index contributed by atoms with van der Waals surface area (Å²) in [5, 5.41) is -1.04. The van der Waals surface area contributed by atoms with Gasteiger partial charge in [0.05, 0.1) is 16.7 Å². The Bertz CT molecular complexity index is 778. The van der Waals surface area contributed by atoms with Crippen LogP contribution in [0.3, 0.4) is 0 Å². The molecule has 0 aliphatic heterocycles. The lowest BCUT2D eigenvalue weighted by Crippen LogP contribution is -2.41. The zero-order valence-corrected chi connectivity index (χ0v) is 13.6. The molecule has 134 valence electrons. The van der Waals surface area contributed by atoms with Crippen LogP contribution in [0, 0.1) is 12.8 Å². The summed E-state index contributed by atoms with van der Waals surface area (Å²) in [6.07, 6.45) is -4.11. The zero-order chi connectivity index (χ0) is 18.1. The van der Waals surface area contributed by atoms with Crippen LogP contribution in [0.15, 0.2) is 17.1 Å². The molecule has 0 atom stereocenters. The molecule has 1 fully saturated rings. The Morgan fingerprint density at radius 3 is 2.33 bits per heavy atom. The smallest absolute Gasteiger partial charge is 0.328 e. The predicted octanol–water partition coefficient (Wildman–Crippen LogP) is 1.86. The fraction of sp³-hybridized carbons (Fsp3) is 0.571. The average molecular weight is 366 g/mol. The van der Waals surface area contributed by atoms with Gasteiger partial charge < -0.3 is 4.98 Å². The Morgan fingerprint density at radius 1 is 1.25 bits per heavy atom. The number of halogens is 3. The number of aryl methyl sites for hydroxylation is 1. The maximum Gasteiger partial charge on any atom is 0.391 e. The van der Waals surface area contributed by atoms with Gasteiger partial charge in [-0.25, -0.2) is 13.1 Å². The Labute approximate surface area is 136 Å². The minimum Gasteiger partial charge on any atom is -0.328 e. The maximum atomic E-state index is 12.6. The highest BCUT2D eigenvalue weighted by molar-refractivity contribution is 7.90. The lowest BCUT2D eigenvalue weighted by molar-refractivity contribution is -0.181. The lowest BCUT2D eigenvalue weighted by Gasteiger charge is -2.29. The van der Waals surface area contributed by atoms with Gasteiger partial charge in [-0.05, 0) is 38.7 Å². The molecule has 1 aliphatic carbocycles. The first-order valence-corrected chi connectivity index (χ1v) is 8.87. The van der Waals surface area contributed by atoms with Crippen LogP contribution in [0.5, 0.6) is 0 Å². The molecule has 0 spiro atoms. The van der Waals surface area contributed by atoms with Crippen molar-refractivity contribution in [2.45, 2.75) is 44.0 Å². The van der Waals surface area contributed by atoms with E-state index in [1.807, 2.05) is 4.72 Å². The van der Waals surface area contributed by atoms with Gasteiger partial charge in [0, 0.05) is 11.8 Å². The van der Waals surface area contributed by atoms with E-state index in [2.05, 4.69) is 4.98 Å². The molecule has 1 aromatic rings. The third-order valence-corrected chi connectivity index (χ3v) is 5.98. The quantitative estimate of drug-likeness (QED) is 0.853. The van der Waals surface area contributed by atoms with Crippen LogP contribution in [0.4, 0.5) is 13.2 Å². The number of carbonyl (C=O) groups is 1. The molecule has 1 saturated carbocycles. The Morgan fingerprint density at radius 2 is 1.83 bits per heavy atom. The van der Waals surface area contributed by atoms with Gasteiger partial charge in [0.2, 0.25) is 10.0 Å². The summed E-state index contributed by atoms with van der Waals surface area (Å²) in [6.45, 7) is 1.46. The number of alkyl halides is 3. The summed E-state index contributed by atoms with van der Waals surface area (Å²) in [7, 11) is -4.08. The fourth-order valence-corrected chi connectivity index (χ4v) is 4.14. The van der Waals surface area contributed by atoms with E-state index in [0.717, 1.165) is 6.20 Å². The first-order chi connectivity index (χ1) is 11.0. The second kappa shape index (κ2) is 6.58. The van der Waals surface area contributed by atoms with Gasteiger partial charge in [0.25, 0.3) is 11.5 Å². The number of aromatic nitrogens is 1. The topological polar surface area (TPSA) is 96.1 Å². The van der Waals surface area contributed by atoms with E-state index >= 15 is 0 Å². The van der Waals surface area contributed by atoms with E-state index in [4.69, 9.17) is 0 Å². The fourth-order valence-electron chi connectivity index (χ4n) is 2.70. The van der Waals surface area contributed by atoms with Crippen LogP contribution in [-0.2, 0) is 10.0 Å². The number of aromatic amines is 1. The number of rotatable bonds is 3. The summed E-state index contributed by atoms with van der Waals surface area (Å²) < 4.78 is 64.1. The molecular weight excluding hydrogens is 349 g/mol. The second-order valence-electron chi connectivity index (χ2n) is 5.89. The number of amides is 1. The summed E-state index contributed by atoms with van der Waals surface area (Å²) in [6, 6.07) is 1.24. The average Bonchev–Trinajstić information content (AvgIpc) is 2.49. The maximum absolute atomic E-state index is 12.6. The largest absolute Gasteiger partial charge is 0.391 e. The Hall–Kier alpha value is -1.84. The highest BCUT2D eigenvalue weighted by Crippen LogP contribution is 2.38. The molecule has 6 nitrogen and oxygen atoms in total. The van der Waals surface area contributed by atoms with Gasteiger partial charge in [0.15, 0.2) is 0 Å². The number of hydrogen-bond acceptors (Lipinski definition) is 4. The summed E-state index contributed by atoms with van der Waals surface area (Å²) in [4.78, 5) is 25.5. The third-order valence-electron chi connectivity index (χ3n) is 4.16. The zero-order valence-electron chi connectivity index (χ0n) is 12.8. The highest BCUT2D eigenvalue weighted by atomic mass is 32.2. The molecule has 2 N–H and O–H groups in total. The molecule has 2 rings (SSSR count). The molecule has 10 heteroatoms. The molecule has 0 radical (unpaired) electrons. The van der Waals surface area contributed by atoms with Crippen molar-refractivity contribution in [3.8, 4) is 0 Å². The van der Waals surface area contributed by atoms with Crippen LogP contribution in [0.25, 0.3) is 0 Å². The number of H-pyrrole nitrogens is 1. The van der Waals surface area contributed by atoms with Crippen molar-refractivity contribution < 1.29 is 26.4 Å². The van der Waals surface area contributed by atoms with E-state index in [-0.39, 0.29) is 36.8 Å². The van der Waals surface area contributed by atoms with Gasteiger partial charge in [0.1, 0.15) is 0 Å². The highest BCUT2D eigenvalue weighted by Gasteiger charge is 2.43. The number of nitrogens with one attached hydrogen (secondary N) is 2. The summed E-state index contributed by atoms with van der Waals surface area (Å²) in [5.74, 6) is -2.42. The van der Waals surface area contributed by atoms with Crippen molar-refractivity contribution in [2.24, 2.45) is 5.92 Å². The Kier molecular flexibility index (Phi) is 5.07. The van der Waals surface area contributed by atoms with Crippen LogP contribution in [0.2, 0.25) is 0 Å². The second-order valence-corrected chi connectivity index (χ2v) is 7.85. The van der Waals surface area contributed by atoms with Crippen molar-refractivity contribution in [2.75, 3.05) is 0 Å². The molecule has 0 unspecified atom stereocenters. The number of carbonyl (C=O) groups excluding carboxylic acids is 1. The molecule has 1 amide bonds. The molecule has 1 aliphatic rings. The van der Waals surface area contributed by atoms with Crippen molar-refractivity contribution in [1.82, 2.24) is 9.71 Å². The number of sulfonamides is 1. The molecule has 1 aromatic heterocycles. The van der Waals surface area contributed by atoms with Crippen LogP contribution < -0.4 is 10.3 Å². The predicted molar refractivity (Wildman–Crippen MR) is 80.0 cm³/mol. The van der Waals surface area contributed by atoms with Crippen molar-refractivity contribution in [3.05, 3.63) is 33.7 Å². The first kappa shape index (κ1) is 18.5. The van der Waals surface area contributed by atoms with Crippen LogP contribution in [-0.4, -0.2) is 30.7 Å². The first-order valence-electron chi connectivity index (χ1n) is 7.32. The van der Waals surface area contributed by atoms with Gasteiger partial charge in [-0.3, -0.25) is 9.59 Å². The van der Waals surface area contributed by atoms with E-state index in [1.54, 1.807) is 0 Å². The number of pyridine rings is 1. The lowest BCUT2D eigenvalue weighted by atomic mass is 9.88. The van der Waals surface area contributed by atoms with Gasteiger partial charge >= 0.3 is 6.18 Å². The van der Waals surface area contributed by atoms with Gasteiger partial charge in [-0.15, -0.1) is 0 Å². The van der Waals surface area contributed by atoms with E-state index in [0.29, 0.717) is 0 Å². The van der Waals surface area contributed by atoms with Crippen molar-refractivity contribution in [3.63, 3.8) is 0 Å². The van der Waals surface area contributed by atoms with Gasteiger partial charge in [-0.1, -0.05) is 0 Å². The monoisotopic (exact) mass is 366 g/mol. The molecular formula is C14H17F3N2O4S. The van der Waals surface area contributed by atoms with Crippen LogP contribution >= 0.6 is 0 Å². The molecule has 24 heavy (non-hydrogen) atoms. The standard InChI is InChI=1S/C14H17F3N2O4S/c1-8-6-9(7-18-12(8)20)13(21)19-24(22,23)11-4-2-10(3-5-11)14(15,16)17/h6-7,10-11H,2-5H2,1H3,(H,18,20)(H,19,21). The minimum atomic E-state index is -4.33. The van der Waals surface area contributed by atoms with E-state index < -0.39 is 38.8 Å². The normalized spacial score (nSPS) is 22.2. The van der Waals surface area contributed by atoms with Crippen molar-refractivity contribution >= 4 is 15.9 Å². The molecule has 0 saturated heterocycles.